The average Bonchev–Trinajstić information content (AvgIpc) is 3.31. The Labute approximate surface area is 192 Å². The summed E-state index contributed by atoms with van der Waals surface area (Å²) < 4.78 is 5.60. The van der Waals surface area contributed by atoms with Crippen LogP contribution in [0.4, 0.5) is 0 Å². The van der Waals surface area contributed by atoms with Gasteiger partial charge in [0.05, 0.1) is 11.6 Å². The lowest BCUT2D eigenvalue weighted by molar-refractivity contribution is -0.135. The number of pyridine rings is 2. The number of Topliss-reactive ketones (excluding diaryl/α,β-unsaturated/α-hetero) is 1. The van der Waals surface area contributed by atoms with Crippen molar-refractivity contribution in [3.8, 4) is 5.75 Å². The van der Waals surface area contributed by atoms with Crippen LogP contribution in [-0.4, -0.2) is 40.3 Å². The quantitative estimate of drug-likeness (QED) is 0.332. The third kappa shape index (κ3) is 5.08. The smallest absolute Gasteiger partial charge is 0.328 e. The van der Waals surface area contributed by atoms with Crippen molar-refractivity contribution in [1.82, 2.24) is 9.97 Å². The van der Waals surface area contributed by atoms with E-state index < -0.39 is 18.1 Å². The van der Waals surface area contributed by atoms with Gasteiger partial charge in [-0.25, -0.2) is 4.79 Å². The van der Waals surface area contributed by atoms with Crippen LogP contribution in [0.1, 0.15) is 46.4 Å². The molecule has 3 aromatic rings. The molecule has 0 amide bonds. The summed E-state index contributed by atoms with van der Waals surface area (Å²) in [6.07, 6.45) is 7.50. The molecule has 1 aromatic carbocycles. The van der Waals surface area contributed by atoms with Crippen molar-refractivity contribution in [3.05, 3.63) is 65.1 Å². The number of nitrogens with zero attached hydrogens (tertiary/aromatic N) is 2. The van der Waals surface area contributed by atoms with Crippen LogP contribution >= 0.6 is 0 Å². The Balaban J connectivity index is 1.51. The summed E-state index contributed by atoms with van der Waals surface area (Å²) in [5, 5.41) is 0.690. The number of esters is 1. The summed E-state index contributed by atoms with van der Waals surface area (Å²) in [5.74, 6) is -0.124. The summed E-state index contributed by atoms with van der Waals surface area (Å²) in [6.45, 7) is 0.485. The molecule has 0 saturated heterocycles. The van der Waals surface area contributed by atoms with Gasteiger partial charge in [-0.2, -0.15) is 0 Å². The first-order chi connectivity index (χ1) is 16.0. The number of hydrogen-bond donors (Lipinski definition) is 3. The van der Waals surface area contributed by atoms with Crippen LogP contribution in [0.15, 0.2) is 42.7 Å². The zero-order chi connectivity index (χ0) is 23.4. The molecular weight excluding hydrogens is 418 g/mol. The maximum absolute atomic E-state index is 12.9. The molecule has 6 N–H and O–H groups in total. The van der Waals surface area contributed by atoms with E-state index in [9.17, 15) is 9.59 Å². The zero-order valence-electron chi connectivity index (χ0n) is 18.5. The van der Waals surface area contributed by atoms with Gasteiger partial charge in [0.25, 0.3) is 0 Å². The van der Waals surface area contributed by atoms with Gasteiger partial charge in [-0.15, -0.1) is 0 Å². The van der Waals surface area contributed by atoms with Crippen LogP contribution in [0.25, 0.3) is 10.9 Å². The van der Waals surface area contributed by atoms with Gasteiger partial charge < -0.3 is 21.9 Å². The van der Waals surface area contributed by atoms with Gasteiger partial charge in [0.1, 0.15) is 11.8 Å². The Kier molecular flexibility index (Phi) is 7.08. The molecule has 1 aliphatic rings. The van der Waals surface area contributed by atoms with E-state index in [0.29, 0.717) is 41.6 Å². The van der Waals surface area contributed by atoms with Crippen molar-refractivity contribution >= 4 is 22.7 Å². The fourth-order valence-electron chi connectivity index (χ4n) is 4.24. The minimum Gasteiger partial charge on any atom is -0.425 e. The summed E-state index contributed by atoms with van der Waals surface area (Å²) in [6, 6.07) is 7.43. The lowest BCUT2D eigenvalue weighted by atomic mass is 9.96. The van der Waals surface area contributed by atoms with Crippen LogP contribution in [0.3, 0.4) is 0 Å². The summed E-state index contributed by atoms with van der Waals surface area (Å²) in [5.41, 5.74) is 21.7. The molecule has 0 radical (unpaired) electrons. The molecule has 8 nitrogen and oxygen atoms in total. The Morgan fingerprint density at radius 2 is 1.94 bits per heavy atom. The Bertz CT molecular complexity index is 1180. The van der Waals surface area contributed by atoms with Gasteiger partial charge in [-0.1, -0.05) is 12.1 Å². The second-order valence-electron chi connectivity index (χ2n) is 8.44. The number of fused-ring (bicyclic) bond motifs is 2. The number of aromatic nitrogens is 2. The number of carbonyl (C=O) groups is 2. The van der Waals surface area contributed by atoms with E-state index in [-0.39, 0.29) is 12.2 Å². The number of benzene rings is 1. The van der Waals surface area contributed by atoms with Crippen molar-refractivity contribution < 1.29 is 14.3 Å². The van der Waals surface area contributed by atoms with E-state index in [1.165, 1.54) is 0 Å². The SMILES string of the molecule is NCCC[C@@H](N)C(=O)c1cccc2ncc(C[C@H](N)C(=O)Oc3ccnc4c3CCC4)cc12. The molecular formula is C25H29N5O3. The van der Waals surface area contributed by atoms with E-state index in [0.717, 1.165) is 36.1 Å². The van der Waals surface area contributed by atoms with Gasteiger partial charge in [0, 0.05) is 34.6 Å². The normalized spacial score (nSPS) is 14.6. The first-order valence-electron chi connectivity index (χ1n) is 11.3. The molecule has 0 spiro atoms. The van der Waals surface area contributed by atoms with Crippen LogP contribution in [0.2, 0.25) is 0 Å². The first kappa shape index (κ1) is 23.0. The number of ketones is 1. The molecule has 2 aromatic heterocycles. The van der Waals surface area contributed by atoms with E-state index in [1.807, 2.05) is 12.1 Å². The van der Waals surface area contributed by atoms with E-state index >= 15 is 0 Å². The molecule has 2 atom stereocenters. The van der Waals surface area contributed by atoms with Gasteiger partial charge in [0.15, 0.2) is 5.78 Å². The van der Waals surface area contributed by atoms with Crippen LogP contribution in [-0.2, 0) is 24.1 Å². The maximum Gasteiger partial charge on any atom is 0.328 e. The zero-order valence-corrected chi connectivity index (χ0v) is 18.5. The molecule has 8 heteroatoms. The largest absolute Gasteiger partial charge is 0.425 e. The molecule has 0 aliphatic heterocycles. The molecule has 1 aliphatic carbocycles. The number of ether oxygens (including phenoxy) is 1. The second-order valence-corrected chi connectivity index (χ2v) is 8.44. The number of aryl methyl sites for hydroxylation is 1. The molecule has 0 saturated carbocycles. The lowest BCUT2D eigenvalue weighted by Gasteiger charge is -2.15. The summed E-state index contributed by atoms with van der Waals surface area (Å²) in [7, 11) is 0. The van der Waals surface area contributed by atoms with Crippen LogP contribution in [0, 0.1) is 0 Å². The summed E-state index contributed by atoms with van der Waals surface area (Å²) in [4.78, 5) is 34.4. The third-order valence-electron chi connectivity index (χ3n) is 6.02. The summed E-state index contributed by atoms with van der Waals surface area (Å²) >= 11 is 0. The molecule has 0 bridgehead atoms. The number of nitrogens with two attached hydrogens (primary N) is 3. The minimum absolute atomic E-state index is 0.150. The monoisotopic (exact) mass is 447 g/mol. The Hall–Kier alpha value is -3.20. The van der Waals surface area contributed by atoms with Crippen molar-refractivity contribution in [1.29, 1.82) is 0 Å². The Morgan fingerprint density at radius 1 is 1.09 bits per heavy atom. The van der Waals surface area contributed by atoms with E-state index in [2.05, 4.69) is 9.97 Å². The van der Waals surface area contributed by atoms with Crippen molar-refractivity contribution in [2.24, 2.45) is 17.2 Å². The molecule has 4 rings (SSSR count). The highest BCUT2D eigenvalue weighted by Gasteiger charge is 2.23. The topological polar surface area (TPSA) is 147 Å². The van der Waals surface area contributed by atoms with Crippen molar-refractivity contribution in [3.63, 3.8) is 0 Å². The average molecular weight is 448 g/mol. The first-order valence-corrected chi connectivity index (χ1v) is 11.3. The molecule has 33 heavy (non-hydrogen) atoms. The van der Waals surface area contributed by atoms with Gasteiger partial charge in [-0.05, 0) is 68.8 Å². The molecule has 0 fully saturated rings. The fraction of sp³-hybridized carbons (Fsp3) is 0.360. The predicted molar refractivity (Wildman–Crippen MR) is 126 cm³/mol. The second kappa shape index (κ2) is 10.2. The minimum atomic E-state index is -0.871. The van der Waals surface area contributed by atoms with Gasteiger partial charge in [-0.3, -0.25) is 14.8 Å². The highest BCUT2D eigenvalue weighted by molar-refractivity contribution is 6.09. The number of hydrogen-bond acceptors (Lipinski definition) is 8. The molecule has 172 valence electrons. The molecule has 0 unspecified atom stereocenters. The highest BCUT2D eigenvalue weighted by atomic mass is 16.5. The van der Waals surface area contributed by atoms with Crippen LogP contribution in [0.5, 0.6) is 5.75 Å². The maximum atomic E-state index is 12.9. The van der Waals surface area contributed by atoms with E-state index in [4.69, 9.17) is 21.9 Å². The highest BCUT2D eigenvalue weighted by Crippen LogP contribution is 2.29. The molecule has 2 heterocycles. The Morgan fingerprint density at radius 3 is 2.76 bits per heavy atom. The lowest BCUT2D eigenvalue weighted by Crippen LogP contribution is -2.36. The van der Waals surface area contributed by atoms with Gasteiger partial charge in [0.2, 0.25) is 0 Å². The third-order valence-corrected chi connectivity index (χ3v) is 6.02. The number of carbonyl (C=O) groups excluding carboxylic acids is 2. The van der Waals surface area contributed by atoms with Crippen molar-refractivity contribution in [2.45, 2.75) is 50.6 Å². The van der Waals surface area contributed by atoms with Crippen LogP contribution < -0.4 is 21.9 Å². The van der Waals surface area contributed by atoms with Gasteiger partial charge >= 0.3 is 5.97 Å². The predicted octanol–water partition coefficient (Wildman–Crippen LogP) is 1.84. The van der Waals surface area contributed by atoms with E-state index in [1.54, 1.807) is 30.6 Å². The standard InChI is InChI=1S/C25H29N5O3/c26-10-3-6-19(27)24(31)16-4-1-8-22-18(16)12-15(14-30-22)13-20(28)25(32)33-23-9-11-29-21-7-2-5-17(21)23/h1,4,8-9,11-12,14,19-20H,2-3,5-7,10,13,26-28H2/t19-,20+/m1/s1. The number of rotatable bonds is 9. The van der Waals surface area contributed by atoms with Crippen molar-refractivity contribution in [2.75, 3.05) is 6.54 Å². The fourth-order valence-corrected chi connectivity index (χ4v) is 4.24.